The topological polar surface area (TPSA) is 17.1 Å². The zero-order valence-electron chi connectivity index (χ0n) is 2.49. The maximum absolute atomic E-state index is 8.87. The van der Waals surface area contributed by atoms with Gasteiger partial charge in [0.05, 0.1) is 0 Å². The van der Waals surface area contributed by atoms with Crippen LogP contribution >= 0.6 is 0 Å². The van der Waals surface area contributed by atoms with Crippen molar-refractivity contribution in [2.75, 3.05) is 0 Å². The molecule has 0 aliphatic carbocycles. The molecule has 0 saturated carbocycles. The first-order valence-electron chi connectivity index (χ1n) is 0.813. The van der Waals surface area contributed by atoms with Gasteiger partial charge in [0.15, 0.2) is 0 Å². The molecule has 0 rings (SSSR count). The Morgan fingerprint density at radius 2 is 1.75 bits per heavy atom. The van der Waals surface area contributed by atoms with Crippen molar-refractivity contribution in [2.24, 2.45) is 0 Å². The Balaban J connectivity index is 0. The van der Waals surface area contributed by atoms with E-state index in [-0.39, 0.29) is 21.7 Å². The third-order valence-electron chi connectivity index (χ3n) is 0. The summed E-state index contributed by atoms with van der Waals surface area (Å²) in [4.78, 5) is 0. The molecule has 0 heterocycles. The molecular weight excluding hydrogens is 103 g/mol. The van der Waals surface area contributed by atoms with Gasteiger partial charge < -0.3 is 0 Å². The molecule has 0 aromatic rings. The smallest absolute Gasteiger partial charge is 0 e. The van der Waals surface area contributed by atoms with Gasteiger partial charge in [-0.05, 0) is 0 Å². The first-order chi connectivity index (χ1) is 1.41. The van der Waals surface area contributed by atoms with Crippen molar-refractivity contribution >= 4 is 16.9 Å². The first-order valence-corrected chi connectivity index (χ1v) is 1.97. The summed E-state index contributed by atoms with van der Waals surface area (Å²) >= 11 is 0. The van der Waals surface area contributed by atoms with Gasteiger partial charge in [0, 0.05) is 21.7 Å². The largest absolute Gasteiger partial charge is 0 e. The van der Waals surface area contributed by atoms with Crippen LogP contribution in [0.15, 0.2) is 0 Å². The molecule has 0 saturated heterocycles. The Morgan fingerprint density at radius 3 is 1.75 bits per heavy atom. The van der Waals surface area contributed by atoms with Gasteiger partial charge in [-0.25, -0.2) is 0 Å². The molecule has 0 N–H and O–H groups in total. The molecule has 0 aliphatic rings. The van der Waals surface area contributed by atoms with Gasteiger partial charge in [0.1, 0.15) is 0 Å². The van der Waals surface area contributed by atoms with Crippen LogP contribution in [0, 0.1) is 0 Å². The monoisotopic (exact) mass is 106 g/mol. The minimum absolute atomic E-state index is 0. The molecule has 4 heavy (non-hydrogen) atoms. The minimum atomic E-state index is 0. The van der Waals surface area contributed by atoms with E-state index in [4.69, 9.17) is 4.70 Å². The van der Waals surface area contributed by atoms with E-state index in [0.717, 1.165) is 6.74 Å². The van der Waals surface area contributed by atoms with Crippen LogP contribution in [0.3, 0.4) is 0 Å². The third-order valence-corrected chi connectivity index (χ3v) is 0. The normalized spacial score (nSPS) is 3.00. The van der Waals surface area contributed by atoms with E-state index >= 15 is 0 Å². The molecule has 1 nitrogen and oxygen atoms in total. The third kappa shape index (κ3) is 14.2. The maximum atomic E-state index is 8.87. The fourth-order valence-electron chi connectivity index (χ4n) is 0. The SMILES string of the molecule is O=B[SiH3].[Ti]. The minimum Gasteiger partial charge on any atom is 0 e. The Hall–Kier alpha value is 0.796. The molecule has 0 spiro atoms. The van der Waals surface area contributed by atoms with Crippen molar-refractivity contribution in [1.82, 2.24) is 0 Å². The molecule has 0 fully saturated rings. The van der Waals surface area contributed by atoms with Crippen LogP contribution in [0.2, 0.25) is 0 Å². The van der Waals surface area contributed by atoms with Crippen LogP contribution in [0.5, 0.6) is 0 Å². The van der Waals surface area contributed by atoms with Gasteiger partial charge in [0.25, 0.3) is 0 Å². The van der Waals surface area contributed by atoms with Gasteiger partial charge in [-0.2, -0.15) is 0 Å². The molecule has 0 radical (unpaired) electrons. The summed E-state index contributed by atoms with van der Waals surface area (Å²) in [6.07, 6.45) is 0. The Bertz CT molecular complexity index is 15.5. The van der Waals surface area contributed by atoms with Gasteiger partial charge in [-0.3, -0.25) is 0 Å². The van der Waals surface area contributed by atoms with Crippen LogP contribution in [-0.4, -0.2) is 16.9 Å². The average molecular weight is 106 g/mol. The standard InChI is InChI=1S/BH3OSi.Ti/c2-1-3;/h3H3;. The first kappa shape index (κ1) is 8.84. The summed E-state index contributed by atoms with van der Waals surface area (Å²) in [5.41, 5.74) is 0. The molecule has 20 valence electrons. The Morgan fingerprint density at radius 1 is 1.75 bits per heavy atom. The summed E-state index contributed by atoms with van der Waals surface area (Å²) in [7, 11) is 0.688. The van der Waals surface area contributed by atoms with Crippen molar-refractivity contribution in [3.05, 3.63) is 0 Å². The Kier molecular flexibility index (Phi) is 20.3. The molecule has 0 aromatic carbocycles. The molecule has 4 heteroatoms. The van der Waals surface area contributed by atoms with Gasteiger partial charge in [-0.1, -0.05) is 0 Å². The fraction of sp³-hybridized carbons (Fsp3) is 0. The zero-order chi connectivity index (χ0) is 2.71. The molecule has 0 atom stereocenters. The number of hydrogen-bond acceptors (Lipinski definition) is 1. The van der Waals surface area contributed by atoms with E-state index in [1.54, 1.807) is 0 Å². The van der Waals surface area contributed by atoms with E-state index in [9.17, 15) is 0 Å². The van der Waals surface area contributed by atoms with Crippen LogP contribution in [0.1, 0.15) is 0 Å². The van der Waals surface area contributed by atoms with Crippen LogP contribution in [0.4, 0.5) is 0 Å². The second-order valence-electron chi connectivity index (χ2n) is 0.236. The molecule has 0 aliphatic heterocycles. The molecule has 0 amide bonds. The van der Waals surface area contributed by atoms with Gasteiger partial charge in [-0.15, -0.1) is 0 Å². The van der Waals surface area contributed by atoms with Crippen molar-refractivity contribution in [2.45, 2.75) is 0 Å². The number of rotatable bonds is 0. The average Bonchev–Trinajstić information content (AvgIpc) is 0.918. The number of hydrogen-bond donors (Lipinski definition) is 0. The van der Waals surface area contributed by atoms with E-state index in [2.05, 4.69) is 0 Å². The van der Waals surface area contributed by atoms with Crippen LogP contribution in [0.25, 0.3) is 0 Å². The second-order valence-corrected chi connectivity index (χ2v) is 0.707. The Labute approximate surface area is 43.7 Å². The predicted octanol–water partition coefficient (Wildman–Crippen LogP) is -1.69. The zero-order valence-corrected chi connectivity index (χ0v) is 6.05. The predicted molar refractivity (Wildman–Crippen MR) is 16.4 cm³/mol. The van der Waals surface area contributed by atoms with Crippen molar-refractivity contribution in [3.63, 3.8) is 0 Å². The van der Waals surface area contributed by atoms with E-state index in [1.165, 1.54) is 0 Å². The molecular formula is H3BOSiTi. The van der Waals surface area contributed by atoms with E-state index in [1.807, 2.05) is 0 Å². The summed E-state index contributed by atoms with van der Waals surface area (Å²) in [6.45, 7) is 0.889. The van der Waals surface area contributed by atoms with Crippen LogP contribution < -0.4 is 0 Å². The summed E-state index contributed by atoms with van der Waals surface area (Å²) < 4.78 is 8.87. The van der Waals surface area contributed by atoms with Gasteiger partial charge in [0.2, 0.25) is 0 Å². The quantitative estimate of drug-likeness (QED) is 0.337. The van der Waals surface area contributed by atoms with Crippen molar-refractivity contribution < 1.29 is 26.4 Å². The van der Waals surface area contributed by atoms with E-state index < -0.39 is 0 Å². The fourth-order valence-corrected chi connectivity index (χ4v) is 0. The van der Waals surface area contributed by atoms with Crippen LogP contribution in [-0.2, 0) is 26.4 Å². The van der Waals surface area contributed by atoms with Crippen molar-refractivity contribution in [1.29, 1.82) is 0 Å². The summed E-state index contributed by atoms with van der Waals surface area (Å²) in [6, 6.07) is 0. The summed E-state index contributed by atoms with van der Waals surface area (Å²) in [5, 5.41) is 0. The second kappa shape index (κ2) is 9.20. The molecule has 0 unspecified atom stereocenters. The van der Waals surface area contributed by atoms with Crippen molar-refractivity contribution in [3.8, 4) is 0 Å². The van der Waals surface area contributed by atoms with Gasteiger partial charge >= 0.3 is 21.6 Å². The summed E-state index contributed by atoms with van der Waals surface area (Å²) in [5.74, 6) is 0. The molecule has 0 bridgehead atoms. The maximum Gasteiger partial charge on any atom is 0 e. The van der Waals surface area contributed by atoms with E-state index in [0.29, 0.717) is 10.1 Å². The molecule has 0 aromatic heterocycles.